The van der Waals surface area contributed by atoms with Crippen molar-refractivity contribution in [3.63, 3.8) is 0 Å². The maximum atomic E-state index is 8.63. The molecule has 2 aromatic rings. The number of hydrogen-bond acceptors (Lipinski definition) is 3. The predicted octanol–water partition coefficient (Wildman–Crippen LogP) is 3.69. The van der Waals surface area contributed by atoms with Crippen molar-refractivity contribution in [2.24, 2.45) is 10.9 Å². The maximum Gasteiger partial charge on any atom is 0.170 e. The molecule has 2 rings (SSSR count). The molecule has 0 heterocycles. The summed E-state index contributed by atoms with van der Waals surface area (Å²) in [5, 5.41) is 11.6. The van der Waals surface area contributed by atoms with E-state index in [2.05, 4.69) is 33.2 Å². The Bertz CT molecular complexity index is 572. The SMILES string of the molecule is N/C(=N/O)c1ccc(Sc2ccccc2)c(Br)c1. The van der Waals surface area contributed by atoms with Gasteiger partial charge in [0.2, 0.25) is 0 Å². The van der Waals surface area contributed by atoms with Gasteiger partial charge in [-0.2, -0.15) is 0 Å². The fourth-order valence-electron chi connectivity index (χ4n) is 1.42. The summed E-state index contributed by atoms with van der Waals surface area (Å²) in [6.45, 7) is 0. The summed E-state index contributed by atoms with van der Waals surface area (Å²) >= 11 is 5.14. The van der Waals surface area contributed by atoms with Crippen molar-refractivity contribution in [3.8, 4) is 0 Å². The van der Waals surface area contributed by atoms with E-state index in [1.807, 2.05) is 36.4 Å². The molecule has 92 valence electrons. The molecular formula is C13H11BrN2OS. The summed E-state index contributed by atoms with van der Waals surface area (Å²) in [6, 6.07) is 15.7. The van der Waals surface area contributed by atoms with Gasteiger partial charge < -0.3 is 10.9 Å². The van der Waals surface area contributed by atoms with Crippen LogP contribution < -0.4 is 5.73 Å². The molecule has 0 amide bonds. The fraction of sp³-hybridized carbons (Fsp3) is 0. The largest absolute Gasteiger partial charge is 0.409 e. The van der Waals surface area contributed by atoms with Gasteiger partial charge in [0.05, 0.1) is 0 Å². The van der Waals surface area contributed by atoms with Gasteiger partial charge in [-0.15, -0.1) is 0 Å². The van der Waals surface area contributed by atoms with Crippen LogP contribution in [0, 0.1) is 0 Å². The summed E-state index contributed by atoms with van der Waals surface area (Å²) in [4.78, 5) is 2.24. The van der Waals surface area contributed by atoms with Crippen LogP contribution in [-0.2, 0) is 0 Å². The molecule has 3 N–H and O–H groups in total. The molecule has 0 radical (unpaired) electrons. The Morgan fingerprint density at radius 2 is 1.89 bits per heavy atom. The van der Waals surface area contributed by atoms with Gasteiger partial charge in [-0.3, -0.25) is 0 Å². The lowest BCUT2D eigenvalue weighted by molar-refractivity contribution is 0.318. The second kappa shape index (κ2) is 5.93. The third kappa shape index (κ3) is 3.05. The number of amidine groups is 1. The standard InChI is InChI=1S/C13H11BrN2OS/c14-11-8-9(13(15)16-17)6-7-12(11)18-10-4-2-1-3-5-10/h1-8,17H,(H2,15,16). The van der Waals surface area contributed by atoms with Crippen LogP contribution in [0.15, 0.2) is 68.0 Å². The van der Waals surface area contributed by atoms with Crippen LogP contribution in [0.4, 0.5) is 0 Å². The first kappa shape index (κ1) is 13.0. The van der Waals surface area contributed by atoms with E-state index in [1.54, 1.807) is 11.8 Å². The second-order valence-electron chi connectivity index (χ2n) is 3.55. The lowest BCUT2D eigenvalue weighted by Gasteiger charge is -2.06. The molecule has 0 bridgehead atoms. The van der Waals surface area contributed by atoms with E-state index in [0.717, 1.165) is 14.3 Å². The zero-order chi connectivity index (χ0) is 13.0. The Morgan fingerprint density at radius 3 is 2.50 bits per heavy atom. The van der Waals surface area contributed by atoms with Gasteiger partial charge in [-0.25, -0.2) is 0 Å². The topological polar surface area (TPSA) is 58.6 Å². The van der Waals surface area contributed by atoms with Crippen LogP contribution >= 0.6 is 27.7 Å². The van der Waals surface area contributed by atoms with Gasteiger partial charge in [0.1, 0.15) is 0 Å². The highest BCUT2D eigenvalue weighted by Gasteiger charge is 2.06. The lowest BCUT2D eigenvalue weighted by atomic mass is 10.2. The molecule has 0 aliphatic rings. The van der Waals surface area contributed by atoms with Crippen molar-refractivity contribution >= 4 is 33.5 Å². The number of nitrogens with zero attached hydrogens (tertiary/aromatic N) is 1. The van der Waals surface area contributed by atoms with E-state index in [4.69, 9.17) is 10.9 Å². The molecule has 2 aromatic carbocycles. The zero-order valence-electron chi connectivity index (χ0n) is 9.38. The second-order valence-corrected chi connectivity index (χ2v) is 5.52. The monoisotopic (exact) mass is 322 g/mol. The molecule has 0 saturated carbocycles. The minimum Gasteiger partial charge on any atom is -0.409 e. The molecule has 0 fully saturated rings. The smallest absolute Gasteiger partial charge is 0.170 e. The molecular weight excluding hydrogens is 312 g/mol. The van der Waals surface area contributed by atoms with Gasteiger partial charge in [-0.1, -0.05) is 35.1 Å². The average molecular weight is 323 g/mol. The first-order valence-electron chi connectivity index (χ1n) is 5.21. The van der Waals surface area contributed by atoms with Gasteiger partial charge in [0, 0.05) is 19.8 Å². The molecule has 0 atom stereocenters. The number of nitrogens with two attached hydrogens (primary N) is 1. The van der Waals surface area contributed by atoms with Crippen molar-refractivity contribution in [1.82, 2.24) is 0 Å². The predicted molar refractivity (Wildman–Crippen MR) is 77.2 cm³/mol. The van der Waals surface area contributed by atoms with E-state index in [0.29, 0.717) is 5.56 Å². The Balaban J connectivity index is 2.26. The Labute approximate surface area is 118 Å². The van der Waals surface area contributed by atoms with E-state index in [1.165, 1.54) is 0 Å². The number of halogens is 1. The molecule has 3 nitrogen and oxygen atoms in total. The summed E-state index contributed by atoms with van der Waals surface area (Å²) in [5.41, 5.74) is 6.22. The lowest BCUT2D eigenvalue weighted by Crippen LogP contribution is -2.12. The van der Waals surface area contributed by atoms with E-state index in [-0.39, 0.29) is 5.84 Å². The molecule has 5 heteroatoms. The first-order valence-corrected chi connectivity index (χ1v) is 6.82. The summed E-state index contributed by atoms with van der Waals surface area (Å²) in [7, 11) is 0. The molecule has 18 heavy (non-hydrogen) atoms. The third-order valence-corrected chi connectivity index (χ3v) is 4.31. The Kier molecular flexibility index (Phi) is 4.28. The van der Waals surface area contributed by atoms with Crippen LogP contribution in [-0.4, -0.2) is 11.0 Å². The Morgan fingerprint density at radius 1 is 1.17 bits per heavy atom. The van der Waals surface area contributed by atoms with Gasteiger partial charge in [0.25, 0.3) is 0 Å². The van der Waals surface area contributed by atoms with Gasteiger partial charge in [-0.05, 0) is 46.3 Å². The summed E-state index contributed by atoms with van der Waals surface area (Å²) in [5.74, 6) is 0.104. The van der Waals surface area contributed by atoms with Crippen molar-refractivity contribution in [2.75, 3.05) is 0 Å². The zero-order valence-corrected chi connectivity index (χ0v) is 11.8. The summed E-state index contributed by atoms with van der Waals surface area (Å²) < 4.78 is 0.917. The quantitative estimate of drug-likeness (QED) is 0.392. The molecule has 0 aliphatic heterocycles. The fourth-order valence-corrected chi connectivity index (χ4v) is 2.88. The number of benzene rings is 2. The van der Waals surface area contributed by atoms with Crippen molar-refractivity contribution in [3.05, 3.63) is 58.6 Å². The number of oxime groups is 1. The molecule has 0 saturated heterocycles. The van der Waals surface area contributed by atoms with Crippen molar-refractivity contribution < 1.29 is 5.21 Å². The Hall–Kier alpha value is -1.46. The molecule has 0 spiro atoms. The van der Waals surface area contributed by atoms with E-state index < -0.39 is 0 Å². The van der Waals surface area contributed by atoms with E-state index in [9.17, 15) is 0 Å². The molecule has 0 aromatic heterocycles. The molecule has 0 aliphatic carbocycles. The average Bonchev–Trinajstić information content (AvgIpc) is 2.41. The van der Waals surface area contributed by atoms with E-state index >= 15 is 0 Å². The highest BCUT2D eigenvalue weighted by atomic mass is 79.9. The van der Waals surface area contributed by atoms with Crippen molar-refractivity contribution in [2.45, 2.75) is 9.79 Å². The number of hydrogen-bond donors (Lipinski definition) is 2. The van der Waals surface area contributed by atoms with Crippen LogP contribution in [0.1, 0.15) is 5.56 Å². The van der Waals surface area contributed by atoms with Crippen LogP contribution in [0.25, 0.3) is 0 Å². The van der Waals surface area contributed by atoms with Crippen LogP contribution in [0.2, 0.25) is 0 Å². The molecule has 0 unspecified atom stereocenters. The first-order chi connectivity index (χ1) is 8.70. The third-order valence-electron chi connectivity index (χ3n) is 2.31. The minimum atomic E-state index is 0.104. The summed E-state index contributed by atoms with van der Waals surface area (Å²) in [6.07, 6.45) is 0. The normalized spacial score (nSPS) is 11.5. The van der Waals surface area contributed by atoms with Crippen LogP contribution in [0.3, 0.4) is 0 Å². The number of rotatable bonds is 3. The van der Waals surface area contributed by atoms with Crippen LogP contribution in [0.5, 0.6) is 0 Å². The van der Waals surface area contributed by atoms with Gasteiger partial charge in [0.15, 0.2) is 5.84 Å². The minimum absolute atomic E-state index is 0.104. The highest BCUT2D eigenvalue weighted by Crippen LogP contribution is 2.33. The van der Waals surface area contributed by atoms with Gasteiger partial charge >= 0.3 is 0 Å². The highest BCUT2D eigenvalue weighted by molar-refractivity contribution is 9.10. The van der Waals surface area contributed by atoms with Crippen molar-refractivity contribution in [1.29, 1.82) is 0 Å². The maximum absolute atomic E-state index is 8.63.